The fourth-order valence-corrected chi connectivity index (χ4v) is 4.36. The lowest BCUT2D eigenvalue weighted by Crippen LogP contribution is -2.39. The molecule has 9 nitrogen and oxygen atoms in total. The van der Waals surface area contributed by atoms with E-state index in [1.54, 1.807) is 12.1 Å². The van der Waals surface area contributed by atoms with Crippen molar-refractivity contribution in [3.05, 3.63) is 81.3 Å². The molecule has 3 aromatic carbocycles. The molecule has 0 aliphatic heterocycles. The predicted octanol–water partition coefficient (Wildman–Crippen LogP) is 4.33. The Morgan fingerprint density at radius 1 is 1.05 bits per heavy atom. The summed E-state index contributed by atoms with van der Waals surface area (Å²) in [6, 6.07) is 17.7. The van der Waals surface area contributed by atoms with Crippen LogP contribution in [0.15, 0.2) is 65.1 Å². The van der Waals surface area contributed by atoms with E-state index < -0.39 is 30.6 Å². The lowest BCUT2D eigenvalue weighted by molar-refractivity contribution is -0.140. The molecule has 3 rings (SSSR count). The molecule has 0 saturated heterocycles. The Morgan fingerprint density at radius 2 is 1.79 bits per heavy atom. The zero-order valence-corrected chi connectivity index (χ0v) is 23.1. The maximum Gasteiger partial charge on any atom is 0.323 e. The molecule has 38 heavy (non-hydrogen) atoms. The number of carboxylic acid groups (broad SMARTS) is 1. The highest BCUT2D eigenvalue weighted by Gasteiger charge is 2.21. The fourth-order valence-electron chi connectivity index (χ4n) is 3.51. The van der Waals surface area contributed by atoms with Gasteiger partial charge in [-0.25, -0.2) is 5.48 Å². The molecule has 4 N–H and O–H groups in total. The molecule has 0 radical (unpaired) electrons. The number of hydrogen-bond acceptors (Lipinski definition) is 7. The second-order valence-corrected chi connectivity index (χ2v) is 9.41. The van der Waals surface area contributed by atoms with E-state index in [1.807, 2.05) is 48.5 Å². The molecule has 3 aromatic rings. The summed E-state index contributed by atoms with van der Waals surface area (Å²) in [6.45, 7) is 1.10. The third-order valence-corrected chi connectivity index (χ3v) is 6.79. The zero-order chi connectivity index (χ0) is 27.7. The summed E-state index contributed by atoms with van der Waals surface area (Å²) >= 11 is 10.2. The number of hydroxylamine groups is 1. The van der Waals surface area contributed by atoms with E-state index in [2.05, 4.69) is 31.6 Å². The Kier molecular flexibility index (Phi) is 10.9. The van der Waals surface area contributed by atoms with Crippen molar-refractivity contribution >= 4 is 39.4 Å². The number of amides is 1. The maximum atomic E-state index is 12.2. The number of benzene rings is 3. The van der Waals surface area contributed by atoms with Crippen molar-refractivity contribution < 1.29 is 34.1 Å². The summed E-state index contributed by atoms with van der Waals surface area (Å²) in [6.07, 6.45) is -0.951. The second-order valence-electron chi connectivity index (χ2n) is 8.21. The van der Waals surface area contributed by atoms with Gasteiger partial charge in [0.25, 0.3) is 5.91 Å². The summed E-state index contributed by atoms with van der Waals surface area (Å²) < 4.78 is 12.8. The van der Waals surface area contributed by atoms with Crippen LogP contribution in [-0.2, 0) is 27.6 Å². The zero-order valence-electron chi connectivity index (χ0n) is 20.7. The molecule has 0 fully saturated rings. The third kappa shape index (κ3) is 7.68. The number of halogens is 2. The second kappa shape index (κ2) is 14.1. The van der Waals surface area contributed by atoms with Crippen molar-refractivity contribution in [2.45, 2.75) is 32.2 Å². The summed E-state index contributed by atoms with van der Waals surface area (Å²) in [5.74, 6) is -1.19. The highest BCUT2D eigenvalue weighted by atomic mass is 79.9. The minimum atomic E-state index is -1.21. The normalized spacial score (nSPS) is 12.4. The van der Waals surface area contributed by atoms with Gasteiger partial charge in [0.05, 0.1) is 18.7 Å². The molecule has 0 saturated carbocycles. The number of aliphatic hydroxyl groups is 1. The Hall–Kier alpha value is -3.15. The van der Waals surface area contributed by atoms with Crippen LogP contribution >= 0.6 is 27.5 Å². The maximum absolute atomic E-state index is 12.2. The molecule has 202 valence electrons. The molecule has 0 bridgehead atoms. The van der Waals surface area contributed by atoms with Gasteiger partial charge in [0.1, 0.15) is 24.1 Å². The van der Waals surface area contributed by atoms with Crippen molar-refractivity contribution in [1.29, 1.82) is 0 Å². The molecule has 0 heterocycles. The van der Waals surface area contributed by atoms with E-state index in [0.717, 1.165) is 21.2 Å². The Balaban J connectivity index is 1.86. The van der Waals surface area contributed by atoms with Gasteiger partial charge in [-0.05, 0) is 40.0 Å². The topological polar surface area (TPSA) is 126 Å². The molecular weight excluding hydrogens is 580 g/mol. The molecule has 2 atom stereocenters. The number of aliphatic hydroxyl groups excluding tert-OH is 1. The lowest BCUT2D eigenvalue weighted by Gasteiger charge is -2.20. The van der Waals surface area contributed by atoms with E-state index in [1.165, 1.54) is 14.0 Å². The van der Waals surface area contributed by atoms with Gasteiger partial charge in [-0.15, -0.1) is 0 Å². The van der Waals surface area contributed by atoms with Crippen LogP contribution < -0.4 is 20.3 Å². The number of rotatable bonds is 13. The van der Waals surface area contributed by atoms with Gasteiger partial charge >= 0.3 is 5.97 Å². The minimum absolute atomic E-state index is 0.00382. The molecule has 0 aliphatic rings. The van der Waals surface area contributed by atoms with E-state index in [9.17, 15) is 19.8 Å². The van der Waals surface area contributed by atoms with Crippen LogP contribution in [0.4, 0.5) is 0 Å². The molecule has 0 aromatic heterocycles. The Bertz CT molecular complexity index is 1260. The van der Waals surface area contributed by atoms with Crippen LogP contribution in [0, 0.1) is 0 Å². The highest BCUT2D eigenvalue weighted by molar-refractivity contribution is 9.10. The van der Waals surface area contributed by atoms with Crippen LogP contribution in [0.3, 0.4) is 0 Å². The average molecular weight is 608 g/mol. The number of hydrogen-bond donors (Lipinski definition) is 4. The van der Waals surface area contributed by atoms with Gasteiger partial charge in [-0.1, -0.05) is 60.1 Å². The third-order valence-electron chi connectivity index (χ3n) is 5.56. The smallest absolute Gasteiger partial charge is 0.323 e. The van der Waals surface area contributed by atoms with Gasteiger partial charge < -0.3 is 19.7 Å². The Morgan fingerprint density at radius 3 is 2.45 bits per heavy atom. The molecule has 11 heteroatoms. The molecule has 0 spiro atoms. The molecular formula is C27H28BrClN2O7. The van der Waals surface area contributed by atoms with E-state index in [0.29, 0.717) is 11.3 Å². The number of carbonyl (C=O) groups is 2. The molecule has 1 amide bonds. The first-order valence-electron chi connectivity index (χ1n) is 11.6. The standard InChI is InChI=1S/C27H28BrClN2O7/c1-16(26(33)31-36-2)38-23-12-24(21(29)11-19(23)13-30-22(14-32)27(34)35)37-15-18-9-6-10-20(25(18)28)17-7-4-3-5-8-17/h3-12,16,22,30,32H,13-15H2,1-2H3,(H,31,33)(H,34,35)/t16?,22-/m0/s1. The number of ether oxygens (including phenoxy) is 2. The van der Waals surface area contributed by atoms with E-state index in [-0.39, 0.29) is 23.9 Å². The summed E-state index contributed by atoms with van der Waals surface area (Å²) in [4.78, 5) is 28.1. The summed E-state index contributed by atoms with van der Waals surface area (Å²) in [5, 5.41) is 21.5. The molecule has 1 unspecified atom stereocenters. The first kappa shape index (κ1) is 29.4. The van der Waals surface area contributed by atoms with Crippen molar-refractivity contribution in [2.75, 3.05) is 13.7 Å². The van der Waals surface area contributed by atoms with Gasteiger partial charge in [0.15, 0.2) is 6.10 Å². The van der Waals surface area contributed by atoms with Gasteiger partial charge in [-0.3, -0.25) is 19.7 Å². The number of nitrogens with one attached hydrogen (secondary N) is 2. The van der Waals surface area contributed by atoms with Crippen LogP contribution in [0.2, 0.25) is 5.02 Å². The SMILES string of the molecule is CONC(=O)C(C)Oc1cc(OCc2cccc(-c3ccccc3)c2Br)c(Cl)cc1CN[C@@H](CO)C(=O)O. The van der Waals surface area contributed by atoms with Gasteiger partial charge in [-0.2, -0.15) is 0 Å². The van der Waals surface area contributed by atoms with Crippen molar-refractivity contribution in [3.8, 4) is 22.6 Å². The summed E-state index contributed by atoms with van der Waals surface area (Å²) in [7, 11) is 1.31. The van der Waals surface area contributed by atoms with Crippen LogP contribution in [-0.4, -0.2) is 48.0 Å². The van der Waals surface area contributed by atoms with Crippen LogP contribution in [0.5, 0.6) is 11.5 Å². The van der Waals surface area contributed by atoms with Gasteiger partial charge in [0, 0.05) is 28.2 Å². The van der Waals surface area contributed by atoms with Crippen LogP contribution in [0.1, 0.15) is 18.1 Å². The van der Waals surface area contributed by atoms with Crippen molar-refractivity contribution in [1.82, 2.24) is 10.8 Å². The summed E-state index contributed by atoms with van der Waals surface area (Å²) in [5.41, 5.74) is 5.62. The Labute approximate surface area is 233 Å². The molecule has 0 aliphatic carbocycles. The number of carbonyl (C=O) groups excluding carboxylic acids is 1. The fraction of sp³-hybridized carbons (Fsp3) is 0.259. The first-order valence-corrected chi connectivity index (χ1v) is 12.8. The quantitative estimate of drug-likeness (QED) is 0.212. The van der Waals surface area contributed by atoms with Crippen molar-refractivity contribution in [2.24, 2.45) is 0 Å². The largest absolute Gasteiger partial charge is 0.487 e. The van der Waals surface area contributed by atoms with Gasteiger partial charge in [0.2, 0.25) is 0 Å². The van der Waals surface area contributed by atoms with E-state index >= 15 is 0 Å². The number of aliphatic carboxylic acids is 1. The van der Waals surface area contributed by atoms with E-state index in [4.69, 9.17) is 21.1 Å². The average Bonchev–Trinajstić information content (AvgIpc) is 2.90. The van der Waals surface area contributed by atoms with Crippen molar-refractivity contribution in [3.63, 3.8) is 0 Å². The van der Waals surface area contributed by atoms with Crippen LogP contribution in [0.25, 0.3) is 11.1 Å². The lowest BCUT2D eigenvalue weighted by atomic mass is 10.0. The monoisotopic (exact) mass is 606 g/mol. The predicted molar refractivity (Wildman–Crippen MR) is 146 cm³/mol. The number of carboxylic acids is 1. The first-order chi connectivity index (χ1) is 18.2. The minimum Gasteiger partial charge on any atom is -0.487 e. The highest BCUT2D eigenvalue weighted by Crippen LogP contribution is 2.36.